The Kier molecular flexibility index (Phi) is 6.20. The first-order chi connectivity index (χ1) is 12.7. The van der Waals surface area contributed by atoms with Crippen molar-refractivity contribution in [2.75, 3.05) is 13.1 Å². The molecule has 2 heterocycles. The van der Waals surface area contributed by atoms with Crippen LogP contribution in [0, 0.1) is 0 Å². The van der Waals surface area contributed by atoms with E-state index in [4.69, 9.17) is 4.99 Å². The average molecular weight is 370 g/mol. The zero-order valence-electron chi connectivity index (χ0n) is 15.9. The Bertz CT molecular complexity index is 850. The molecule has 1 amide bonds. The number of rotatable bonds is 7. The number of carbonyl (C=O) groups is 1. The first kappa shape index (κ1) is 18.8. The molecule has 1 aromatic carbocycles. The first-order valence-corrected chi connectivity index (χ1v) is 10.3. The minimum absolute atomic E-state index is 0.0895. The number of aliphatic imine (C=N–C) groups is 1. The molecule has 0 radical (unpaired) electrons. The van der Waals surface area contributed by atoms with Crippen LogP contribution in [0.25, 0.3) is 17.0 Å². The van der Waals surface area contributed by atoms with Crippen LogP contribution >= 0.6 is 11.8 Å². The molecule has 1 saturated heterocycles. The molecule has 1 aliphatic heterocycles. The van der Waals surface area contributed by atoms with Crippen molar-refractivity contribution >= 4 is 39.8 Å². The van der Waals surface area contributed by atoms with Gasteiger partial charge in [-0.2, -0.15) is 0 Å². The van der Waals surface area contributed by atoms with E-state index in [1.807, 2.05) is 30.2 Å². The second kappa shape index (κ2) is 8.58. The van der Waals surface area contributed by atoms with Gasteiger partial charge >= 0.3 is 0 Å². The fourth-order valence-electron chi connectivity index (χ4n) is 3.10. The summed E-state index contributed by atoms with van der Waals surface area (Å²) in [5.74, 6) is 0.0895. The predicted octanol–water partition coefficient (Wildman–Crippen LogP) is 5.05. The topological polar surface area (TPSA) is 37.6 Å². The third-order valence-corrected chi connectivity index (χ3v) is 5.64. The number of amides is 1. The highest BCUT2D eigenvalue weighted by atomic mass is 32.2. The maximum atomic E-state index is 13.0. The number of carbonyl (C=O) groups excluding carboxylic acids is 1. The van der Waals surface area contributed by atoms with Crippen LogP contribution in [0.15, 0.2) is 40.4 Å². The monoisotopic (exact) mass is 369 g/mol. The van der Waals surface area contributed by atoms with Crippen LogP contribution in [0.5, 0.6) is 0 Å². The molecule has 0 unspecified atom stereocenters. The summed E-state index contributed by atoms with van der Waals surface area (Å²) in [6, 6.07) is 8.29. The van der Waals surface area contributed by atoms with Crippen molar-refractivity contribution in [1.29, 1.82) is 0 Å². The molecular weight excluding hydrogens is 342 g/mol. The van der Waals surface area contributed by atoms with E-state index in [0.717, 1.165) is 54.4 Å². The summed E-state index contributed by atoms with van der Waals surface area (Å²) in [4.78, 5) is 20.3. The van der Waals surface area contributed by atoms with E-state index in [2.05, 4.69) is 36.7 Å². The van der Waals surface area contributed by atoms with Gasteiger partial charge in [0.15, 0.2) is 5.17 Å². The number of hydrogen-bond acceptors (Lipinski definition) is 3. The van der Waals surface area contributed by atoms with E-state index in [1.165, 1.54) is 22.7 Å². The maximum Gasteiger partial charge on any atom is 0.266 e. The van der Waals surface area contributed by atoms with Gasteiger partial charge < -0.3 is 4.57 Å². The lowest BCUT2D eigenvalue weighted by molar-refractivity contribution is -0.122. The second-order valence-electron chi connectivity index (χ2n) is 6.65. The number of aryl methyl sites for hydroxylation is 1. The van der Waals surface area contributed by atoms with Gasteiger partial charge in [0.05, 0.1) is 4.91 Å². The molecule has 4 nitrogen and oxygen atoms in total. The van der Waals surface area contributed by atoms with Crippen molar-refractivity contribution in [3.8, 4) is 0 Å². The number of unbranched alkanes of at least 4 members (excludes halogenated alkanes) is 2. The summed E-state index contributed by atoms with van der Waals surface area (Å²) in [5.41, 5.74) is 2.26. The van der Waals surface area contributed by atoms with E-state index in [-0.39, 0.29) is 5.91 Å². The van der Waals surface area contributed by atoms with Crippen molar-refractivity contribution in [2.45, 2.75) is 39.5 Å². The minimum atomic E-state index is 0.0895. The Morgan fingerprint density at radius 3 is 2.69 bits per heavy atom. The standard InChI is InChI=1S/C21H27N3OS/c1-4-6-12-22-21-24(13-7-5-2)20(25)19(26-21)14-16-15-23(3)18-11-9-8-10-17(16)18/h8-11,14-15H,4-7,12-13H2,1-3H3/b19-14-,22-21?. The zero-order chi connectivity index (χ0) is 18.5. The summed E-state index contributed by atoms with van der Waals surface area (Å²) in [7, 11) is 2.04. The van der Waals surface area contributed by atoms with Crippen molar-refractivity contribution in [3.63, 3.8) is 0 Å². The number of amidine groups is 1. The number of aromatic nitrogens is 1. The molecule has 26 heavy (non-hydrogen) atoms. The first-order valence-electron chi connectivity index (χ1n) is 9.45. The third-order valence-electron chi connectivity index (χ3n) is 4.60. The maximum absolute atomic E-state index is 13.0. The van der Waals surface area contributed by atoms with E-state index in [9.17, 15) is 4.79 Å². The molecule has 0 spiro atoms. The highest BCUT2D eigenvalue weighted by Gasteiger charge is 2.32. The second-order valence-corrected chi connectivity index (χ2v) is 7.66. The highest BCUT2D eigenvalue weighted by Crippen LogP contribution is 2.34. The van der Waals surface area contributed by atoms with Gasteiger partial charge in [0.2, 0.25) is 0 Å². The van der Waals surface area contributed by atoms with Gasteiger partial charge in [0.1, 0.15) is 0 Å². The summed E-state index contributed by atoms with van der Waals surface area (Å²) < 4.78 is 2.11. The number of hydrogen-bond donors (Lipinski definition) is 0. The molecule has 0 N–H and O–H groups in total. The Balaban J connectivity index is 1.92. The van der Waals surface area contributed by atoms with Gasteiger partial charge in [0.25, 0.3) is 5.91 Å². The normalized spacial score (nSPS) is 18.0. The molecule has 138 valence electrons. The summed E-state index contributed by atoms with van der Waals surface area (Å²) in [5, 5.41) is 2.04. The molecule has 0 atom stereocenters. The lowest BCUT2D eigenvalue weighted by Gasteiger charge is -2.14. The summed E-state index contributed by atoms with van der Waals surface area (Å²) in [6.07, 6.45) is 8.36. The lowest BCUT2D eigenvalue weighted by atomic mass is 10.1. The lowest BCUT2D eigenvalue weighted by Crippen LogP contribution is -2.30. The Labute approximate surface area is 160 Å². The fraction of sp³-hybridized carbons (Fsp3) is 0.429. The van der Waals surface area contributed by atoms with E-state index < -0.39 is 0 Å². The smallest absolute Gasteiger partial charge is 0.266 e. The quantitative estimate of drug-likeness (QED) is 0.506. The van der Waals surface area contributed by atoms with Gasteiger partial charge in [-0.15, -0.1) is 0 Å². The number of thioether (sulfide) groups is 1. The molecule has 2 aromatic rings. The largest absolute Gasteiger partial charge is 0.350 e. The van der Waals surface area contributed by atoms with Gasteiger partial charge in [-0.25, -0.2) is 0 Å². The van der Waals surface area contributed by atoms with Crippen molar-refractivity contribution in [2.24, 2.45) is 12.0 Å². The van der Waals surface area contributed by atoms with Crippen LogP contribution in [0.4, 0.5) is 0 Å². The molecule has 0 saturated carbocycles. The van der Waals surface area contributed by atoms with Crippen LogP contribution < -0.4 is 0 Å². The minimum Gasteiger partial charge on any atom is -0.350 e. The van der Waals surface area contributed by atoms with Gasteiger partial charge in [-0.05, 0) is 36.7 Å². The van der Waals surface area contributed by atoms with Gasteiger partial charge in [0, 0.05) is 42.8 Å². The zero-order valence-corrected chi connectivity index (χ0v) is 16.7. The molecule has 1 aliphatic rings. The third kappa shape index (κ3) is 3.88. The van der Waals surface area contributed by atoms with Crippen LogP contribution in [0.2, 0.25) is 0 Å². The average Bonchev–Trinajstić information content (AvgIpc) is 3.12. The van der Waals surface area contributed by atoms with Crippen LogP contribution in [0.1, 0.15) is 45.1 Å². The SMILES string of the molecule is CCCCN=C1S/C(=C\c2cn(C)c3ccccc23)C(=O)N1CCCC. The van der Waals surface area contributed by atoms with E-state index >= 15 is 0 Å². The van der Waals surface area contributed by atoms with Gasteiger partial charge in [-0.1, -0.05) is 44.9 Å². The number of nitrogens with zero attached hydrogens (tertiary/aromatic N) is 3. The molecule has 1 aromatic heterocycles. The highest BCUT2D eigenvalue weighted by molar-refractivity contribution is 8.18. The molecule has 0 bridgehead atoms. The number of fused-ring (bicyclic) bond motifs is 1. The molecule has 0 aliphatic carbocycles. The van der Waals surface area contributed by atoms with Crippen molar-refractivity contribution in [3.05, 3.63) is 40.9 Å². The Morgan fingerprint density at radius 1 is 1.15 bits per heavy atom. The Morgan fingerprint density at radius 2 is 1.92 bits per heavy atom. The summed E-state index contributed by atoms with van der Waals surface area (Å²) in [6.45, 7) is 5.85. The van der Waals surface area contributed by atoms with E-state index in [0.29, 0.717) is 0 Å². The predicted molar refractivity (Wildman–Crippen MR) is 112 cm³/mol. The fourth-order valence-corrected chi connectivity index (χ4v) is 4.12. The van der Waals surface area contributed by atoms with Crippen LogP contribution in [-0.4, -0.2) is 33.6 Å². The van der Waals surface area contributed by atoms with Crippen molar-refractivity contribution < 1.29 is 4.79 Å². The molecule has 3 rings (SSSR count). The molecular formula is C21H27N3OS. The van der Waals surface area contributed by atoms with Crippen LogP contribution in [-0.2, 0) is 11.8 Å². The number of benzene rings is 1. The summed E-state index contributed by atoms with van der Waals surface area (Å²) >= 11 is 1.52. The van der Waals surface area contributed by atoms with Crippen molar-refractivity contribution in [1.82, 2.24) is 9.47 Å². The Hall–Kier alpha value is -2.01. The number of para-hydroxylation sites is 1. The van der Waals surface area contributed by atoms with Crippen LogP contribution in [0.3, 0.4) is 0 Å². The molecule has 5 heteroatoms. The molecule has 1 fully saturated rings. The van der Waals surface area contributed by atoms with Gasteiger partial charge in [-0.3, -0.25) is 14.7 Å². The van der Waals surface area contributed by atoms with E-state index in [1.54, 1.807) is 0 Å².